The van der Waals surface area contributed by atoms with Crippen LogP contribution in [0.1, 0.15) is 19.3 Å². The van der Waals surface area contributed by atoms with E-state index in [0.29, 0.717) is 29.6 Å². The van der Waals surface area contributed by atoms with Gasteiger partial charge in [-0.2, -0.15) is 0 Å². The summed E-state index contributed by atoms with van der Waals surface area (Å²) in [5.74, 6) is -2.11. The van der Waals surface area contributed by atoms with Gasteiger partial charge in [-0.25, -0.2) is 28.7 Å². The van der Waals surface area contributed by atoms with Crippen LogP contribution in [0.3, 0.4) is 0 Å². The second kappa shape index (κ2) is 5.93. The van der Waals surface area contributed by atoms with E-state index in [4.69, 9.17) is 0 Å². The fourth-order valence-electron chi connectivity index (χ4n) is 3.81. The molecular weight excluding hydrogens is 370 g/mol. The van der Waals surface area contributed by atoms with Gasteiger partial charge < -0.3 is 10.1 Å². The Morgan fingerprint density at radius 3 is 2.89 bits per heavy atom. The summed E-state index contributed by atoms with van der Waals surface area (Å²) >= 11 is 0. The first kappa shape index (κ1) is 17.0. The van der Waals surface area contributed by atoms with Crippen LogP contribution in [-0.4, -0.2) is 48.6 Å². The van der Waals surface area contributed by atoms with Crippen molar-refractivity contribution in [3.8, 4) is 11.4 Å². The zero-order valence-corrected chi connectivity index (χ0v) is 14.6. The Morgan fingerprint density at radius 2 is 2.14 bits per heavy atom. The number of nitrogens with zero attached hydrogens (tertiary/aromatic N) is 4. The van der Waals surface area contributed by atoms with E-state index in [9.17, 15) is 18.7 Å². The van der Waals surface area contributed by atoms with Gasteiger partial charge in [-0.05, 0) is 30.7 Å². The van der Waals surface area contributed by atoms with Crippen molar-refractivity contribution in [1.82, 2.24) is 24.9 Å². The van der Waals surface area contributed by atoms with E-state index in [1.54, 1.807) is 6.20 Å². The van der Waals surface area contributed by atoms with Gasteiger partial charge in [0.2, 0.25) is 0 Å². The summed E-state index contributed by atoms with van der Waals surface area (Å²) in [6.07, 6.45) is 6.15. The highest BCUT2D eigenvalue weighted by Gasteiger charge is 2.54. The maximum absolute atomic E-state index is 14.3. The number of pyridine rings is 1. The molecule has 1 saturated heterocycles. The molecule has 0 amide bonds. The Balaban J connectivity index is 1.49. The number of anilines is 1. The van der Waals surface area contributed by atoms with Gasteiger partial charge in [-0.1, -0.05) is 0 Å². The molecule has 1 aliphatic heterocycles. The van der Waals surface area contributed by atoms with Gasteiger partial charge >= 0.3 is 5.97 Å². The van der Waals surface area contributed by atoms with Crippen molar-refractivity contribution in [2.75, 3.05) is 12.0 Å². The number of halogens is 2. The number of aliphatic carboxylic acids is 1. The molecule has 8 nitrogen and oxygen atoms in total. The number of fused-ring (bicyclic) bond motifs is 1. The average molecular weight is 386 g/mol. The number of hydrogen-bond acceptors (Lipinski definition) is 6. The van der Waals surface area contributed by atoms with Gasteiger partial charge in [0, 0.05) is 23.7 Å². The fourth-order valence-corrected chi connectivity index (χ4v) is 3.81. The highest BCUT2D eigenvalue weighted by molar-refractivity contribution is 5.91. The van der Waals surface area contributed by atoms with Crippen LogP contribution >= 0.6 is 0 Å². The number of carbonyl (C=O) groups is 1. The molecule has 3 aromatic rings. The van der Waals surface area contributed by atoms with Gasteiger partial charge in [-0.15, -0.1) is 0 Å². The minimum Gasteiger partial charge on any atom is -0.480 e. The molecule has 10 heteroatoms. The minimum atomic E-state index is -0.954. The highest BCUT2D eigenvalue weighted by Crippen LogP contribution is 2.54. The maximum atomic E-state index is 14.3. The number of carboxylic acid groups (broad SMARTS) is 1. The Hall–Kier alpha value is -3.14. The first-order chi connectivity index (χ1) is 13.4. The second-order valence-corrected chi connectivity index (χ2v) is 7.44. The lowest BCUT2D eigenvalue weighted by Gasteiger charge is -2.22. The number of nitrogens with one attached hydrogen (secondary N) is 2. The van der Waals surface area contributed by atoms with Crippen LogP contribution in [-0.2, 0) is 4.79 Å². The lowest BCUT2D eigenvalue weighted by atomic mass is 10.0. The summed E-state index contributed by atoms with van der Waals surface area (Å²) in [5, 5.41) is 11.5. The molecule has 0 aromatic carbocycles. The van der Waals surface area contributed by atoms with E-state index < -0.39 is 23.6 Å². The third-order valence-corrected chi connectivity index (χ3v) is 5.48. The van der Waals surface area contributed by atoms with E-state index >= 15 is 0 Å². The zero-order chi connectivity index (χ0) is 19.5. The molecule has 3 aromatic heterocycles. The minimum absolute atomic E-state index is 0.00241. The van der Waals surface area contributed by atoms with Crippen LogP contribution in [0, 0.1) is 17.0 Å². The zero-order valence-electron chi connectivity index (χ0n) is 14.6. The predicted molar refractivity (Wildman–Crippen MR) is 95.1 cm³/mol. The third-order valence-electron chi connectivity index (χ3n) is 5.48. The van der Waals surface area contributed by atoms with Crippen molar-refractivity contribution in [2.24, 2.45) is 5.41 Å². The highest BCUT2D eigenvalue weighted by atomic mass is 19.1. The monoisotopic (exact) mass is 386 g/mol. The molecule has 1 saturated carbocycles. The largest absolute Gasteiger partial charge is 0.480 e. The normalized spacial score (nSPS) is 20.7. The molecule has 28 heavy (non-hydrogen) atoms. The Labute approximate surface area is 157 Å². The molecule has 1 atom stereocenters. The lowest BCUT2D eigenvalue weighted by Crippen LogP contribution is -2.40. The van der Waals surface area contributed by atoms with Gasteiger partial charge in [-0.3, -0.25) is 10.2 Å². The summed E-state index contributed by atoms with van der Waals surface area (Å²) in [4.78, 5) is 26.7. The van der Waals surface area contributed by atoms with Crippen molar-refractivity contribution >= 4 is 22.8 Å². The first-order valence-electron chi connectivity index (χ1n) is 8.86. The Morgan fingerprint density at radius 1 is 1.32 bits per heavy atom. The van der Waals surface area contributed by atoms with Crippen LogP contribution in [0.4, 0.5) is 14.6 Å². The molecule has 0 bridgehead atoms. The van der Waals surface area contributed by atoms with Crippen LogP contribution < -0.4 is 5.43 Å². The number of carboxylic acids is 1. The number of rotatable bonds is 4. The first-order valence-corrected chi connectivity index (χ1v) is 8.86. The SMILES string of the molecule is O=C(O)[C@@H]1CC2(CC2)CN1Nc1nc(-c2c[nH]c3ncc(F)cc23)ncc1F. The quantitative estimate of drug-likeness (QED) is 0.633. The topological polar surface area (TPSA) is 107 Å². The lowest BCUT2D eigenvalue weighted by molar-refractivity contribution is -0.141. The van der Waals surface area contributed by atoms with Gasteiger partial charge in [0.15, 0.2) is 17.5 Å². The summed E-state index contributed by atoms with van der Waals surface area (Å²) in [7, 11) is 0. The molecule has 2 aliphatic rings. The molecule has 0 unspecified atom stereocenters. The van der Waals surface area contributed by atoms with Crippen LogP contribution in [0.25, 0.3) is 22.4 Å². The maximum Gasteiger partial charge on any atom is 0.322 e. The van der Waals surface area contributed by atoms with Crippen LogP contribution in [0.15, 0.2) is 24.7 Å². The van der Waals surface area contributed by atoms with Gasteiger partial charge in [0.25, 0.3) is 0 Å². The van der Waals surface area contributed by atoms with E-state index in [-0.39, 0.29) is 17.1 Å². The van der Waals surface area contributed by atoms with Crippen molar-refractivity contribution in [2.45, 2.75) is 25.3 Å². The average Bonchev–Trinajstić information content (AvgIpc) is 3.12. The number of hydrazine groups is 1. The van der Waals surface area contributed by atoms with E-state index in [1.165, 1.54) is 11.1 Å². The van der Waals surface area contributed by atoms with E-state index in [1.807, 2.05) is 0 Å². The Bertz CT molecular complexity index is 1100. The number of aromatic amines is 1. The number of aromatic nitrogens is 4. The summed E-state index contributed by atoms with van der Waals surface area (Å²) in [5.41, 5.74) is 3.76. The van der Waals surface area contributed by atoms with Crippen molar-refractivity contribution in [1.29, 1.82) is 0 Å². The van der Waals surface area contributed by atoms with E-state index in [0.717, 1.165) is 25.2 Å². The molecular formula is C18H16F2N6O2. The van der Waals surface area contributed by atoms with Crippen molar-refractivity contribution in [3.05, 3.63) is 36.3 Å². The van der Waals surface area contributed by atoms with Crippen LogP contribution in [0.2, 0.25) is 0 Å². The molecule has 0 radical (unpaired) electrons. The van der Waals surface area contributed by atoms with Crippen molar-refractivity contribution < 1.29 is 18.7 Å². The predicted octanol–water partition coefficient (Wildman–Crippen LogP) is 2.56. The molecule has 2 fully saturated rings. The summed E-state index contributed by atoms with van der Waals surface area (Å²) in [6.45, 7) is 0.519. The second-order valence-electron chi connectivity index (χ2n) is 7.44. The molecule has 144 valence electrons. The van der Waals surface area contributed by atoms with Gasteiger partial charge in [0.05, 0.1) is 12.4 Å². The molecule has 1 spiro atoms. The summed E-state index contributed by atoms with van der Waals surface area (Å²) < 4.78 is 27.9. The summed E-state index contributed by atoms with van der Waals surface area (Å²) in [6, 6.07) is 0.554. The molecule has 5 rings (SSSR count). The third kappa shape index (κ3) is 2.76. The molecule has 1 aliphatic carbocycles. The number of hydrogen-bond donors (Lipinski definition) is 3. The Kier molecular flexibility index (Phi) is 3.60. The standard InChI is InChI=1S/C18H16F2N6O2/c19-9-3-10-11(6-22-14(10)21-5-9)15-23-7-12(20)16(24-15)25-26-8-18(1-2-18)4-13(26)17(27)28/h3,5-7,13H,1-2,4,8H2,(H,21,22)(H,27,28)(H,23,24,25)/t13-/m0/s1. The van der Waals surface area contributed by atoms with Gasteiger partial charge in [0.1, 0.15) is 17.5 Å². The number of H-pyrrole nitrogens is 1. The van der Waals surface area contributed by atoms with Crippen molar-refractivity contribution in [3.63, 3.8) is 0 Å². The molecule has 4 heterocycles. The van der Waals surface area contributed by atoms with Crippen LogP contribution in [0.5, 0.6) is 0 Å². The molecule has 3 N–H and O–H groups in total. The van der Waals surface area contributed by atoms with E-state index in [2.05, 4.69) is 25.4 Å². The smallest absolute Gasteiger partial charge is 0.322 e. The fraction of sp³-hybridized carbons (Fsp3) is 0.333.